The molecule has 0 amide bonds. The first-order valence-electron chi connectivity index (χ1n) is 6.06. The summed E-state index contributed by atoms with van der Waals surface area (Å²) in [6, 6.07) is 3.08. The SMILES string of the molecule is CCC(C)CSC(C)C(=O)c1ccc(F)cc1F. The first kappa shape index (κ1) is 15.2. The first-order valence-corrected chi connectivity index (χ1v) is 7.11. The Kier molecular flexibility index (Phi) is 5.79. The van der Waals surface area contributed by atoms with Gasteiger partial charge in [-0.1, -0.05) is 20.3 Å². The van der Waals surface area contributed by atoms with Gasteiger partial charge in [0.2, 0.25) is 0 Å². The summed E-state index contributed by atoms with van der Waals surface area (Å²) in [4.78, 5) is 12.0. The van der Waals surface area contributed by atoms with Crippen molar-refractivity contribution in [2.24, 2.45) is 5.92 Å². The van der Waals surface area contributed by atoms with Crippen molar-refractivity contribution >= 4 is 17.5 Å². The van der Waals surface area contributed by atoms with Gasteiger partial charge in [0.05, 0.1) is 10.8 Å². The number of halogens is 2. The predicted octanol–water partition coefficient (Wildman–Crippen LogP) is 4.32. The fourth-order valence-corrected chi connectivity index (χ4v) is 2.54. The van der Waals surface area contributed by atoms with Crippen molar-refractivity contribution in [3.63, 3.8) is 0 Å². The van der Waals surface area contributed by atoms with E-state index in [9.17, 15) is 13.6 Å². The van der Waals surface area contributed by atoms with E-state index < -0.39 is 11.6 Å². The van der Waals surface area contributed by atoms with Crippen LogP contribution in [0.25, 0.3) is 0 Å². The van der Waals surface area contributed by atoms with Gasteiger partial charge in [-0.25, -0.2) is 8.78 Å². The van der Waals surface area contributed by atoms with Gasteiger partial charge in [-0.3, -0.25) is 4.79 Å². The maximum Gasteiger partial charge on any atom is 0.178 e. The van der Waals surface area contributed by atoms with E-state index in [0.717, 1.165) is 24.3 Å². The van der Waals surface area contributed by atoms with Crippen LogP contribution in [-0.2, 0) is 0 Å². The van der Waals surface area contributed by atoms with Crippen LogP contribution in [0.2, 0.25) is 0 Å². The summed E-state index contributed by atoms with van der Waals surface area (Å²) in [6.45, 7) is 5.97. The zero-order chi connectivity index (χ0) is 13.7. The summed E-state index contributed by atoms with van der Waals surface area (Å²) >= 11 is 1.51. The Balaban J connectivity index is 2.68. The van der Waals surface area contributed by atoms with E-state index in [0.29, 0.717) is 5.92 Å². The van der Waals surface area contributed by atoms with Gasteiger partial charge in [0.25, 0.3) is 0 Å². The maximum absolute atomic E-state index is 13.5. The molecular formula is C14H18F2OS. The van der Waals surface area contributed by atoms with Gasteiger partial charge in [-0.15, -0.1) is 0 Å². The molecule has 0 spiro atoms. The zero-order valence-corrected chi connectivity index (χ0v) is 11.7. The number of hydrogen-bond donors (Lipinski definition) is 0. The topological polar surface area (TPSA) is 17.1 Å². The van der Waals surface area contributed by atoms with E-state index in [1.807, 2.05) is 0 Å². The Morgan fingerprint density at radius 2 is 2.00 bits per heavy atom. The smallest absolute Gasteiger partial charge is 0.178 e. The van der Waals surface area contributed by atoms with E-state index >= 15 is 0 Å². The standard InChI is InChI=1S/C14H18F2OS/c1-4-9(2)8-18-10(3)14(17)12-6-5-11(15)7-13(12)16/h5-7,9-10H,4,8H2,1-3H3. The Hall–Kier alpha value is -0.900. The van der Waals surface area contributed by atoms with E-state index in [1.165, 1.54) is 17.8 Å². The van der Waals surface area contributed by atoms with E-state index in [2.05, 4.69) is 13.8 Å². The molecule has 0 N–H and O–H groups in total. The lowest BCUT2D eigenvalue weighted by Crippen LogP contribution is -2.17. The number of thioether (sulfide) groups is 1. The van der Waals surface area contributed by atoms with Crippen LogP contribution in [-0.4, -0.2) is 16.8 Å². The van der Waals surface area contributed by atoms with Crippen LogP contribution < -0.4 is 0 Å². The maximum atomic E-state index is 13.5. The molecule has 0 radical (unpaired) electrons. The average molecular weight is 272 g/mol. The minimum absolute atomic E-state index is 0.0273. The van der Waals surface area contributed by atoms with Crippen LogP contribution in [0, 0.1) is 17.6 Å². The fourth-order valence-electron chi connectivity index (χ4n) is 1.41. The number of carbonyl (C=O) groups excluding carboxylic acids is 1. The van der Waals surface area contributed by atoms with Gasteiger partial charge in [0.15, 0.2) is 5.78 Å². The van der Waals surface area contributed by atoms with Crippen molar-refractivity contribution in [3.05, 3.63) is 35.4 Å². The Morgan fingerprint density at radius 1 is 1.33 bits per heavy atom. The molecular weight excluding hydrogens is 254 g/mol. The largest absolute Gasteiger partial charge is 0.293 e. The second kappa shape index (κ2) is 6.88. The molecule has 1 rings (SSSR count). The molecule has 2 unspecified atom stereocenters. The van der Waals surface area contributed by atoms with Gasteiger partial charge in [0.1, 0.15) is 11.6 Å². The molecule has 1 aromatic carbocycles. The molecule has 0 bridgehead atoms. The van der Waals surface area contributed by atoms with Crippen molar-refractivity contribution in [2.75, 3.05) is 5.75 Å². The molecule has 0 aliphatic carbocycles. The summed E-state index contributed by atoms with van der Waals surface area (Å²) in [5.41, 5.74) is -0.0273. The van der Waals surface area contributed by atoms with Crippen LogP contribution in [0.15, 0.2) is 18.2 Å². The highest BCUT2D eigenvalue weighted by atomic mass is 32.2. The van der Waals surface area contributed by atoms with Crippen molar-refractivity contribution in [3.8, 4) is 0 Å². The molecule has 18 heavy (non-hydrogen) atoms. The van der Waals surface area contributed by atoms with Crippen LogP contribution in [0.1, 0.15) is 37.6 Å². The highest BCUT2D eigenvalue weighted by Gasteiger charge is 2.20. The molecule has 0 aliphatic rings. The van der Waals surface area contributed by atoms with Gasteiger partial charge < -0.3 is 0 Å². The Morgan fingerprint density at radius 3 is 2.56 bits per heavy atom. The van der Waals surface area contributed by atoms with Crippen LogP contribution in [0.5, 0.6) is 0 Å². The summed E-state index contributed by atoms with van der Waals surface area (Å²) in [5, 5.41) is -0.307. The second-order valence-corrected chi connectivity index (χ2v) is 5.85. The average Bonchev–Trinajstić information content (AvgIpc) is 2.34. The molecule has 0 aliphatic heterocycles. The minimum Gasteiger partial charge on any atom is -0.293 e. The van der Waals surface area contributed by atoms with Crippen molar-refractivity contribution in [1.29, 1.82) is 0 Å². The molecule has 0 saturated carbocycles. The number of hydrogen-bond acceptors (Lipinski definition) is 2. The van der Waals surface area contributed by atoms with E-state index in [-0.39, 0.29) is 16.6 Å². The van der Waals surface area contributed by atoms with Gasteiger partial charge in [-0.2, -0.15) is 11.8 Å². The quantitative estimate of drug-likeness (QED) is 0.718. The van der Waals surface area contributed by atoms with Crippen molar-refractivity contribution in [2.45, 2.75) is 32.4 Å². The lowest BCUT2D eigenvalue weighted by Gasteiger charge is -2.13. The van der Waals surface area contributed by atoms with Crippen LogP contribution in [0.3, 0.4) is 0 Å². The Labute approximate surface area is 111 Å². The summed E-state index contributed by atoms with van der Waals surface area (Å²) in [7, 11) is 0. The lowest BCUT2D eigenvalue weighted by molar-refractivity contribution is 0.0990. The number of carbonyl (C=O) groups is 1. The molecule has 2 atom stereocenters. The lowest BCUT2D eigenvalue weighted by atomic mass is 10.1. The number of ketones is 1. The first-order chi connectivity index (χ1) is 8.45. The normalized spacial score (nSPS) is 14.3. The minimum atomic E-state index is -0.781. The van der Waals surface area contributed by atoms with E-state index in [1.54, 1.807) is 6.92 Å². The molecule has 100 valence electrons. The van der Waals surface area contributed by atoms with E-state index in [4.69, 9.17) is 0 Å². The third kappa shape index (κ3) is 4.09. The van der Waals surface area contributed by atoms with Gasteiger partial charge >= 0.3 is 0 Å². The van der Waals surface area contributed by atoms with Crippen LogP contribution in [0.4, 0.5) is 8.78 Å². The van der Waals surface area contributed by atoms with Crippen molar-refractivity contribution in [1.82, 2.24) is 0 Å². The highest BCUT2D eigenvalue weighted by molar-refractivity contribution is 8.00. The molecule has 0 heterocycles. The third-order valence-corrected chi connectivity index (χ3v) is 4.37. The van der Waals surface area contributed by atoms with Crippen molar-refractivity contribution < 1.29 is 13.6 Å². The van der Waals surface area contributed by atoms with Crippen LogP contribution >= 0.6 is 11.8 Å². The predicted molar refractivity (Wildman–Crippen MR) is 72.1 cm³/mol. The molecule has 1 aromatic rings. The number of Topliss-reactive ketones (excluding diaryl/α,β-unsaturated/α-hetero) is 1. The highest BCUT2D eigenvalue weighted by Crippen LogP contribution is 2.21. The number of benzene rings is 1. The summed E-state index contributed by atoms with van der Waals surface area (Å²) in [6.07, 6.45) is 1.05. The second-order valence-electron chi connectivity index (χ2n) is 4.48. The summed E-state index contributed by atoms with van der Waals surface area (Å²) in [5.74, 6) is -0.323. The molecule has 0 saturated heterocycles. The molecule has 1 nitrogen and oxygen atoms in total. The third-order valence-electron chi connectivity index (χ3n) is 2.89. The van der Waals surface area contributed by atoms with Gasteiger partial charge in [-0.05, 0) is 30.7 Å². The molecule has 0 aromatic heterocycles. The summed E-state index contributed by atoms with van der Waals surface area (Å²) < 4.78 is 26.2. The molecule has 0 fully saturated rings. The van der Waals surface area contributed by atoms with Gasteiger partial charge in [0, 0.05) is 6.07 Å². The fraction of sp³-hybridized carbons (Fsp3) is 0.500. The zero-order valence-electron chi connectivity index (χ0n) is 10.9. The molecule has 4 heteroatoms. The number of rotatable bonds is 6. The monoisotopic (exact) mass is 272 g/mol. The Bertz CT molecular complexity index is 420.